The standard InChI is InChI=1S/C9H10N2O4/c1-5-3-8(15-2)6(9(10)12)4-7(5)11(13)14/h3-4H,1-2H3,(H2,10,12). The number of nitro groups is 1. The molecule has 0 aromatic heterocycles. The van der Waals surface area contributed by atoms with Crippen molar-refractivity contribution >= 4 is 11.6 Å². The third-order valence-corrected chi connectivity index (χ3v) is 1.98. The van der Waals surface area contributed by atoms with Crippen LogP contribution in [0.1, 0.15) is 15.9 Å². The molecular weight excluding hydrogens is 200 g/mol. The first-order valence-corrected chi connectivity index (χ1v) is 4.10. The number of hydrogen-bond acceptors (Lipinski definition) is 4. The Kier molecular flexibility index (Phi) is 2.89. The molecule has 0 spiro atoms. The molecule has 0 atom stereocenters. The summed E-state index contributed by atoms with van der Waals surface area (Å²) in [5, 5.41) is 10.6. The number of benzene rings is 1. The van der Waals surface area contributed by atoms with Gasteiger partial charge in [0.1, 0.15) is 5.75 Å². The van der Waals surface area contributed by atoms with Crippen molar-refractivity contribution in [3.63, 3.8) is 0 Å². The van der Waals surface area contributed by atoms with Crippen molar-refractivity contribution in [2.75, 3.05) is 7.11 Å². The van der Waals surface area contributed by atoms with E-state index >= 15 is 0 Å². The van der Waals surface area contributed by atoms with Gasteiger partial charge in [-0.1, -0.05) is 0 Å². The first-order chi connectivity index (χ1) is 6.97. The van der Waals surface area contributed by atoms with Gasteiger partial charge in [-0.25, -0.2) is 0 Å². The minimum atomic E-state index is -0.755. The molecule has 6 nitrogen and oxygen atoms in total. The van der Waals surface area contributed by atoms with Crippen LogP contribution in [-0.4, -0.2) is 17.9 Å². The molecule has 1 amide bonds. The number of hydrogen-bond donors (Lipinski definition) is 1. The van der Waals surface area contributed by atoms with Crippen LogP contribution in [0.3, 0.4) is 0 Å². The smallest absolute Gasteiger partial charge is 0.273 e. The topological polar surface area (TPSA) is 95.5 Å². The lowest BCUT2D eigenvalue weighted by atomic mass is 10.1. The van der Waals surface area contributed by atoms with Crippen molar-refractivity contribution < 1.29 is 14.5 Å². The Balaban J connectivity index is 3.43. The predicted octanol–water partition coefficient (Wildman–Crippen LogP) is 1.01. The predicted molar refractivity (Wildman–Crippen MR) is 52.9 cm³/mol. The SMILES string of the molecule is COc1cc(C)c([N+](=O)[O-])cc1C(N)=O. The van der Waals surface area contributed by atoms with Gasteiger partial charge in [-0.3, -0.25) is 14.9 Å². The number of ether oxygens (including phenoxy) is 1. The number of nitrogens with zero attached hydrogens (tertiary/aromatic N) is 1. The first kappa shape index (κ1) is 11.0. The lowest BCUT2D eigenvalue weighted by molar-refractivity contribution is -0.385. The summed E-state index contributed by atoms with van der Waals surface area (Å²) in [5.74, 6) is -0.513. The second kappa shape index (κ2) is 3.95. The summed E-state index contributed by atoms with van der Waals surface area (Å²) in [6, 6.07) is 2.54. The molecule has 15 heavy (non-hydrogen) atoms. The highest BCUT2D eigenvalue weighted by molar-refractivity contribution is 5.96. The summed E-state index contributed by atoms with van der Waals surface area (Å²) in [7, 11) is 1.37. The van der Waals surface area contributed by atoms with Crippen LogP contribution in [0, 0.1) is 17.0 Å². The minimum Gasteiger partial charge on any atom is -0.496 e. The number of methoxy groups -OCH3 is 1. The normalized spacial score (nSPS) is 9.73. The zero-order chi connectivity index (χ0) is 11.6. The fraction of sp³-hybridized carbons (Fsp3) is 0.222. The zero-order valence-electron chi connectivity index (χ0n) is 8.31. The number of rotatable bonds is 3. The van der Waals surface area contributed by atoms with Gasteiger partial charge in [0.05, 0.1) is 17.6 Å². The molecule has 6 heteroatoms. The molecule has 1 rings (SSSR count). The molecule has 0 radical (unpaired) electrons. The van der Waals surface area contributed by atoms with Crippen LogP contribution >= 0.6 is 0 Å². The number of aryl methyl sites for hydroxylation is 1. The van der Waals surface area contributed by atoms with E-state index in [1.165, 1.54) is 13.2 Å². The molecule has 80 valence electrons. The minimum absolute atomic E-state index is 0.00907. The Morgan fingerprint density at radius 3 is 2.53 bits per heavy atom. The first-order valence-electron chi connectivity index (χ1n) is 4.10. The van der Waals surface area contributed by atoms with Crippen molar-refractivity contribution in [1.29, 1.82) is 0 Å². The maximum atomic E-state index is 11.0. The fourth-order valence-corrected chi connectivity index (χ4v) is 1.23. The summed E-state index contributed by atoms with van der Waals surface area (Å²) in [4.78, 5) is 21.0. The van der Waals surface area contributed by atoms with Crippen molar-refractivity contribution in [2.45, 2.75) is 6.92 Å². The Labute approximate surface area is 85.8 Å². The largest absolute Gasteiger partial charge is 0.496 e. The summed E-state index contributed by atoms with van der Waals surface area (Å²) in [5.41, 5.74) is 5.35. The summed E-state index contributed by atoms with van der Waals surface area (Å²) in [6.07, 6.45) is 0. The average molecular weight is 210 g/mol. The van der Waals surface area contributed by atoms with E-state index in [4.69, 9.17) is 10.5 Å². The van der Waals surface area contributed by atoms with E-state index in [2.05, 4.69) is 0 Å². The lowest BCUT2D eigenvalue weighted by Gasteiger charge is -2.06. The lowest BCUT2D eigenvalue weighted by Crippen LogP contribution is -2.13. The molecule has 0 saturated heterocycles. The molecule has 0 aliphatic rings. The molecule has 0 fully saturated rings. The van der Waals surface area contributed by atoms with Crippen LogP contribution in [0.4, 0.5) is 5.69 Å². The highest BCUT2D eigenvalue weighted by atomic mass is 16.6. The second-order valence-electron chi connectivity index (χ2n) is 2.96. The van der Waals surface area contributed by atoms with Gasteiger partial charge in [-0.05, 0) is 13.0 Å². The molecule has 1 aromatic rings. The molecule has 0 aliphatic heterocycles. The van der Waals surface area contributed by atoms with Gasteiger partial charge < -0.3 is 10.5 Å². The Bertz CT molecular complexity index is 428. The highest BCUT2D eigenvalue weighted by Gasteiger charge is 2.18. The molecule has 0 saturated carbocycles. The van der Waals surface area contributed by atoms with Gasteiger partial charge in [0, 0.05) is 11.6 Å². The Morgan fingerprint density at radius 1 is 1.53 bits per heavy atom. The molecule has 1 aromatic carbocycles. The average Bonchev–Trinajstić information content (AvgIpc) is 2.16. The molecule has 0 bridgehead atoms. The molecule has 0 aliphatic carbocycles. The van der Waals surface area contributed by atoms with Crippen molar-refractivity contribution in [3.05, 3.63) is 33.4 Å². The highest BCUT2D eigenvalue weighted by Crippen LogP contribution is 2.27. The number of amides is 1. The van der Waals surface area contributed by atoms with Crippen molar-refractivity contribution in [1.82, 2.24) is 0 Å². The van der Waals surface area contributed by atoms with Gasteiger partial charge in [-0.15, -0.1) is 0 Å². The van der Waals surface area contributed by atoms with Crippen LogP contribution in [0.5, 0.6) is 5.75 Å². The van der Waals surface area contributed by atoms with Gasteiger partial charge in [0.25, 0.3) is 11.6 Å². The summed E-state index contributed by atoms with van der Waals surface area (Å²) in [6.45, 7) is 1.56. The Morgan fingerprint density at radius 2 is 2.13 bits per heavy atom. The molecule has 0 heterocycles. The molecule has 0 unspecified atom stereocenters. The third-order valence-electron chi connectivity index (χ3n) is 1.98. The maximum absolute atomic E-state index is 11.0. The summed E-state index contributed by atoms with van der Waals surface area (Å²) >= 11 is 0. The van der Waals surface area contributed by atoms with Crippen LogP contribution in [0.2, 0.25) is 0 Å². The monoisotopic (exact) mass is 210 g/mol. The van der Waals surface area contributed by atoms with E-state index in [-0.39, 0.29) is 17.0 Å². The number of primary amides is 1. The molecule has 2 N–H and O–H groups in total. The van der Waals surface area contributed by atoms with E-state index in [1.54, 1.807) is 6.92 Å². The number of nitro benzene ring substituents is 1. The van der Waals surface area contributed by atoms with E-state index in [1.807, 2.05) is 0 Å². The maximum Gasteiger partial charge on any atom is 0.273 e. The fourth-order valence-electron chi connectivity index (χ4n) is 1.23. The van der Waals surface area contributed by atoms with Gasteiger partial charge in [0.15, 0.2) is 0 Å². The van der Waals surface area contributed by atoms with Crippen LogP contribution in [-0.2, 0) is 0 Å². The second-order valence-corrected chi connectivity index (χ2v) is 2.96. The van der Waals surface area contributed by atoms with E-state index in [0.717, 1.165) is 6.07 Å². The number of carbonyl (C=O) groups excluding carboxylic acids is 1. The third kappa shape index (κ3) is 2.04. The van der Waals surface area contributed by atoms with Crippen molar-refractivity contribution in [2.24, 2.45) is 5.73 Å². The zero-order valence-corrected chi connectivity index (χ0v) is 8.31. The van der Waals surface area contributed by atoms with Crippen LogP contribution in [0.25, 0.3) is 0 Å². The van der Waals surface area contributed by atoms with Crippen molar-refractivity contribution in [3.8, 4) is 5.75 Å². The molecular formula is C9H10N2O4. The van der Waals surface area contributed by atoms with E-state index in [0.29, 0.717) is 5.56 Å². The van der Waals surface area contributed by atoms with Gasteiger partial charge in [-0.2, -0.15) is 0 Å². The van der Waals surface area contributed by atoms with Gasteiger partial charge in [0.2, 0.25) is 0 Å². The number of nitrogens with two attached hydrogens (primary N) is 1. The summed E-state index contributed by atoms with van der Waals surface area (Å²) < 4.78 is 4.90. The Hall–Kier alpha value is -2.11. The van der Waals surface area contributed by atoms with E-state index in [9.17, 15) is 14.9 Å². The van der Waals surface area contributed by atoms with Crippen LogP contribution in [0.15, 0.2) is 12.1 Å². The van der Waals surface area contributed by atoms with E-state index < -0.39 is 10.8 Å². The van der Waals surface area contributed by atoms with Crippen LogP contribution < -0.4 is 10.5 Å². The number of carbonyl (C=O) groups is 1. The van der Waals surface area contributed by atoms with Gasteiger partial charge >= 0.3 is 0 Å². The quantitative estimate of drug-likeness (QED) is 0.594.